The fourth-order valence-electron chi connectivity index (χ4n) is 2.38. The summed E-state index contributed by atoms with van der Waals surface area (Å²) < 4.78 is 7.23. The lowest BCUT2D eigenvalue weighted by Gasteiger charge is -2.08. The first-order chi connectivity index (χ1) is 9.54. The molecule has 0 aliphatic carbocycles. The average molecular weight is 290 g/mol. The lowest BCUT2D eigenvalue weighted by molar-refractivity contribution is 0.389. The van der Waals surface area contributed by atoms with Gasteiger partial charge in [-0.3, -0.25) is 0 Å². The number of hydrogen-bond acceptors (Lipinski definition) is 3. The van der Waals surface area contributed by atoms with Crippen LogP contribution in [0.15, 0.2) is 28.8 Å². The van der Waals surface area contributed by atoms with Crippen LogP contribution in [0.1, 0.15) is 35.1 Å². The molecule has 5 heteroatoms. The molecular formula is C15H16ClN3O. The van der Waals surface area contributed by atoms with Crippen molar-refractivity contribution in [2.75, 3.05) is 0 Å². The van der Waals surface area contributed by atoms with E-state index in [9.17, 15) is 0 Å². The zero-order valence-electron chi connectivity index (χ0n) is 11.7. The summed E-state index contributed by atoms with van der Waals surface area (Å²) in [5.74, 6) is 1.66. The zero-order valence-corrected chi connectivity index (χ0v) is 12.5. The van der Waals surface area contributed by atoms with Gasteiger partial charge in [0.15, 0.2) is 0 Å². The minimum absolute atomic E-state index is 0.157. The quantitative estimate of drug-likeness (QED) is 0.685. The number of hydrogen-bond donors (Lipinski definition) is 0. The molecule has 4 nitrogen and oxygen atoms in total. The van der Waals surface area contributed by atoms with E-state index < -0.39 is 0 Å². The Labute approximate surface area is 122 Å². The van der Waals surface area contributed by atoms with E-state index in [4.69, 9.17) is 16.1 Å². The van der Waals surface area contributed by atoms with E-state index in [1.54, 1.807) is 0 Å². The van der Waals surface area contributed by atoms with Crippen molar-refractivity contribution in [3.05, 3.63) is 47.1 Å². The molecule has 0 saturated carbocycles. The van der Waals surface area contributed by atoms with Gasteiger partial charge in [0.25, 0.3) is 0 Å². The Hall–Kier alpha value is -1.81. The van der Waals surface area contributed by atoms with Gasteiger partial charge in [-0.25, -0.2) is 4.98 Å². The Bertz CT molecular complexity index is 758. The molecule has 0 aliphatic rings. The Morgan fingerprint density at radius 2 is 2.10 bits per heavy atom. The second-order valence-corrected chi connectivity index (χ2v) is 5.75. The van der Waals surface area contributed by atoms with Crippen LogP contribution in [0.25, 0.3) is 11.0 Å². The van der Waals surface area contributed by atoms with Crippen LogP contribution in [-0.4, -0.2) is 14.7 Å². The van der Waals surface area contributed by atoms with Crippen molar-refractivity contribution in [1.29, 1.82) is 0 Å². The van der Waals surface area contributed by atoms with Gasteiger partial charge in [-0.1, -0.05) is 11.2 Å². The molecule has 0 saturated heterocycles. The third-order valence-electron chi connectivity index (χ3n) is 3.29. The highest BCUT2D eigenvalue weighted by Gasteiger charge is 2.16. The average Bonchev–Trinajstić information content (AvgIpc) is 2.94. The van der Waals surface area contributed by atoms with E-state index in [-0.39, 0.29) is 5.38 Å². The Balaban J connectivity index is 2.13. The molecule has 1 atom stereocenters. The summed E-state index contributed by atoms with van der Waals surface area (Å²) in [4.78, 5) is 4.65. The third-order valence-corrected chi connectivity index (χ3v) is 3.48. The van der Waals surface area contributed by atoms with Crippen molar-refractivity contribution in [2.45, 2.75) is 32.7 Å². The number of aromatic nitrogens is 3. The molecule has 2 aromatic heterocycles. The topological polar surface area (TPSA) is 43.9 Å². The molecular weight excluding hydrogens is 274 g/mol. The smallest absolute Gasteiger partial charge is 0.133 e. The highest BCUT2D eigenvalue weighted by molar-refractivity contribution is 6.20. The Kier molecular flexibility index (Phi) is 3.26. The molecule has 104 valence electrons. The highest BCUT2D eigenvalue weighted by atomic mass is 35.5. The standard InChI is InChI=1S/C15H16ClN3O/c1-9-4-5-14-13(6-9)17-15(11(3)16)19(14)8-12-7-10(2)20-18-12/h4-7,11H,8H2,1-3H3. The maximum Gasteiger partial charge on any atom is 0.133 e. The van der Waals surface area contributed by atoms with Crippen molar-refractivity contribution in [2.24, 2.45) is 0 Å². The molecule has 0 fully saturated rings. The van der Waals surface area contributed by atoms with Crippen molar-refractivity contribution in [3.8, 4) is 0 Å². The van der Waals surface area contributed by atoms with Crippen LogP contribution in [0.3, 0.4) is 0 Å². The van der Waals surface area contributed by atoms with E-state index >= 15 is 0 Å². The van der Waals surface area contributed by atoms with Crippen molar-refractivity contribution >= 4 is 22.6 Å². The van der Waals surface area contributed by atoms with Crippen LogP contribution in [0.2, 0.25) is 0 Å². The normalized spacial score (nSPS) is 13.0. The molecule has 0 amide bonds. The molecule has 1 aromatic carbocycles. The van der Waals surface area contributed by atoms with E-state index in [1.165, 1.54) is 5.56 Å². The van der Waals surface area contributed by atoms with Crippen LogP contribution in [0, 0.1) is 13.8 Å². The first kappa shape index (κ1) is 13.2. The van der Waals surface area contributed by atoms with Crippen LogP contribution < -0.4 is 0 Å². The van der Waals surface area contributed by atoms with Gasteiger partial charge in [0.1, 0.15) is 17.3 Å². The molecule has 0 spiro atoms. The summed E-state index contributed by atoms with van der Waals surface area (Å²) in [7, 11) is 0. The second-order valence-electron chi connectivity index (χ2n) is 5.09. The van der Waals surface area contributed by atoms with E-state index in [0.717, 1.165) is 28.3 Å². The summed E-state index contributed by atoms with van der Waals surface area (Å²) in [5.41, 5.74) is 4.10. The number of rotatable bonds is 3. The summed E-state index contributed by atoms with van der Waals surface area (Å²) in [6, 6.07) is 8.16. The maximum absolute atomic E-state index is 6.26. The zero-order chi connectivity index (χ0) is 14.3. The Morgan fingerprint density at radius 1 is 1.30 bits per heavy atom. The fraction of sp³-hybridized carbons (Fsp3) is 0.333. The van der Waals surface area contributed by atoms with Crippen LogP contribution >= 0.6 is 11.6 Å². The summed E-state index contributed by atoms with van der Waals surface area (Å²) in [5, 5.41) is 3.89. The monoisotopic (exact) mass is 289 g/mol. The van der Waals surface area contributed by atoms with Gasteiger partial charge < -0.3 is 9.09 Å². The van der Waals surface area contributed by atoms with Gasteiger partial charge in [-0.05, 0) is 38.5 Å². The highest BCUT2D eigenvalue weighted by Crippen LogP contribution is 2.26. The minimum atomic E-state index is -0.157. The first-order valence-electron chi connectivity index (χ1n) is 6.57. The van der Waals surface area contributed by atoms with E-state index in [2.05, 4.69) is 39.8 Å². The molecule has 3 rings (SSSR count). The number of alkyl halides is 1. The number of imidazole rings is 1. The number of nitrogens with zero attached hydrogens (tertiary/aromatic N) is 3. The van der Waals surface area contributed by atoms with Gasteiger partial charge in [-0.2, -0.15) is 0 Å². The van der Waals surface area contributed by atoms with Gasteiger partial charge in [0, 0.05) is 6.07 Å². The summed E-state index contributed by atoms with van der Waals surface area (Å²) >= 11 is 6.26. The molecule has 20 heavy (non-hydrogen) atoms. The van der Waals surface area contributed by atoms with E-state index in [0.29, 0.717) is 6.54 Å². The van der Waals surface area contributed by atoms with Crippen LogP contribution in [-0.2, 0) is 6.54 Å². The first-order valence-corrected chi connectivity index (χ1v) is 7.01. The molecule has 3 aromatic rings. The summed E-state index contributed by atoms with van der Waals surface area (Å²) in [6.07, 6.45) is 0. The van der Waals surface area contributed by atoms with E-state index in [1.807, 2.05) is 19.9 Å². The molecule has 0 aliphatic heterocycles. The van der Waals surface area contributed by atoms with Gasteiger partial charge >= 0.3 is 0 Å². The number of aryl methyl sites for hydroxylation is 2. The molecule has 0 bridgehead atoms. The van der Waals surface area contributed by atoms with Crippen LogP contribution in [0.5, 0.6) is 0 Å². The lowest BCUT2D eigenvalue weighted by atomic mass is 10.2. The van der Waals surface area contributed by atoms with Crippen molar-refractivity contribution in [3.63, 3.8) is 0 Å². The minimum Gasteiger partial charge on any atom is -0.361 e. The summed E-state index contributed by atoms with van der Waals surface area (Å²) in [6.45, 7) is 6.49. The molecule has 2 heterocycles. The predicted molar refractivity (Wildman–Crippen MR) is 79.1 cm³/mol. The van der Waals surface area contributed by atoms with Crippen molar-refractivity contribution < 1.29 is 4.52 Å². The van der Waals surface area contributed by atoms with Crippen molar-refractivity contribution in [1.82, 2.24) is 14.7 Å². The van der Waals surface area contributed by atoms with Gasteiger partial charge in [0.2, 0.25) is 0 Å². The lowest BCUT2D eigenvalue weighted by Crippen LogP contribution is -2.06. The number of benzene rings is 1. The largest absolute Gasteiger partial charge is 0.361 e. The van der Waals surface area contributed by atoms with Gasteiger partial charge in [-0.15, -0.1) is 11.6 Å². The van der Waals surface area contributed by atoms with Gasteiger partial charge in [0.05, 0.1) is 23.0 Å². The van der Waals surface area contributed by atoms with Crippen LogP contribution in [0.4, 0.5) is 0 Å². The number of halogens is 1. The number of fused-ring (bicyclic) bond motifs is 1. The molecule has 1 unspecified atom stereocenters. The molecule has 0 N–H and O–H groups in total. The predicted octanol–water partition coefficient (Wildman–Crippen LogP) is 3.99. The fourth-order valence-corrected chi connectivity index (χ4v) is 2.55. The Morgan fingerprint density at radius 3 is 2.75 bits per heavy atom. The molecule has 0 radical (unpaired) electrons. The maximum atomic E-state index is 6.26. The second kappa shape index (κ2) is 4.94. The SMILES string of the molecule is Cc1ccc2c(c1)nc(C(C)Cl)n2Cc1cc(C)on1. The third kappa shape index (κ3) is 2.31.